The first-order valence-electron chi connectivity index (χ1n) is 7.87. The zero-order chi connectivity index (χ0) is 13.9. The molecule has 1 unspecified atom stereocenters. The van der Waals surface area contributed by atoms with Crippen molar-refractivity contribution in [2.75, 3.05) is 5.88 Å². The highest BCUT2D eigenvalue weighted by molar-refractivity contribution is 6.18. The van der Waals surface area contributed by atoms with Gasteiger partial charge in [0.15, 0.2) is 0 Å². The van der Waals surface area contributed by atoms with E-state index >= 15 is 0 Å². The van der Waals surface area contributed by atoms with E-state index in [2.05, 4.69) is 38.1 Å². The maximum atomic E-state index is 6.11. The van der Waals surface area contributed by atoms with Crippen molar-refractivity contribution >= 4 is 11.6 Å². The third-order valence-corrected chi connectivity index (χ3v) is 4.27. The highest BCUT2D eigenvalue weighted by atomic mass is 35.5. The first-order valence-corrected chi connectivity index (χ1v) is 8.41. The van der Waals surface area contributed by atoms with Crippen LogP contribution in [-0.2, 0) is 6.42 Å². The SMILES string of the molecule is CCCCCCCCC(CCl)Cc1ccc(C)cc1. The van der Waals surface area contributed by atoms with Crippen LogP contribution in [0.15, 0.2) is 24.3 Å². The predicted octanol–water partition coefficient (Wildman–Crippen LogP) is 6.14. The molecule has 0 aliphatic carbocycles. The summed E-state index contributed by atoms with van der Waals surface area (Å²) in [6.45, 7) is 4.41. The first kappa shape index (κ1) is 16.6. The van der Waals surface area contributed by atoms with Crippen molar-refractivity contribution in [1.29, 1.82) is 0 Å². The van der Waals surface area contributed by atoms with Crippen LogP contribution >= 0.6 is 11.6 Å². The van der Waals surface area contributed by atoms with Gasteiger partial charge in [-0.25, -0.2) is 0 Å². The number of halogens is 1. The average molecular weight is 281 g/mol. The Labute approximate surface area is 124 Å². The molecule has 0 aromatic heterocycles. The smallest absolute Gasteiger partial charge is 0.0254 e. The average Bonchev–Trinajstić information content (AvgIpc) is 2.43. The Hall–Kier alpha value is -0.490. The van der Waals surface area contributed by atoms with Gasteiger partial charge in [-0.2, -0.15) is 0 Å². The van der Waals surface area contributed by atoms with Crippen LogP contribution in [0.3, 0.4) is 0 Å². The Kier molecular flexibility index (Phi) is 8.99. The van der Waals surface area contributed by atoms with E-state index in [0.29, 0.717) is 5.92 Å². The summed E-state index contributed by atoms with van der Waals surface area (Å²) < 4.78 is 0. The second-order valence-corrected chi connectivity index (χ2v) is 6.08. The lowest BCUT2D eigenvalue weighted by Gasteiger charge is -2.14. The van der Waals surface area contributed by atoms with Crippen molar-refractivity contribution in [3.63, 3.8) is 0 Å². The van der Waals surface area contributed by atoms with E-state index < -0.39 is 0 Å². The second-order valence-electron chi connectivity index (χ2n) is 5.77. The largest absolute Gasteiger partial charge is 0.126 e. The number of unbranched alkanes of at least 4 members (excludes halogenated alkanes) is 5. The van der Waals surface area contributed by atoms with Crippen LogP contribution < -0.4 is 0 Å². The fraction of sp³-hybridized carbons (Fsp3) is 0.667. The van der Waals surface area contributed by atoms with E-state index in [4.69, 9.17) is 11.6 Å². The fourth-order valence-corrected chi connectivity index (χ4v) is 2.77. The summed E-state index contributed by atoms with van der Waals surface area (Å²) in [4.78, 5) is 0. The topological polar surface area (TPSA) is 0 Å². The van der Waals surface area contributed by atoms with Gasteiger partial charge in [0.2, 0.25) is 0 Å². The van der Waals surface area contributed by atoms with Gasteiger partial charge in [0.05, 0.1) is 0 Å². The van der Waals surface area contributed by atoms with Crippen LogP contribution in [0.1, 0.15) is 63.0 Å². The summed E-state index contributed by atoms with van der Waals surface area (Å²) in [5, 5.41) is 0. The van der Waals surface area contributed by atoms with Gasteiger partial charge in [-0.1, -0.05) is 75.3 Å². The van der Waals surface area contributed by atoms with Crippen molar-refractivity contribution in [2.24, 2.45) is 5.92 Å². The zero-order valence-electron chi connectivity index (χ0n) is 12.6. The fourth-order valence-electron chi connectivity index (χ4n) is 2.50. The molecule has 0 fully saturated rings. The molecule has 0 N–H and O–H groups in total. The van der Waals surface area contributed by atoms with Crippen molar-refractivity contribution in [2.45, 2.75) is 65.2 Å². The van der Waals surface area contributed by atoms with Crippen LogP contribution in [0.2, 0.25) is 0 Å². The summed E-state index contributed by atoms with van der Waals surface area (Å²) in [5.74, 6) is 1.44. The van der Waals surface area contributed by atoms with Gasteiger partial charge in [0.1, 0.15) is 0 Å². The minimum atomic E-state index is 0.649. The number of benzene rings is 1. The van der Waals surface area contributed by atoms with E-state index in [0.717, 1.165) is 12.3 Å². The Bertz CT molecular complexity index is 315. The third kappa shape index (κ3) is 7.62. The van der Waals surface area contributed by atoms with Gasteiger partial charge >= 0.3 is 0 Å². The molecule has 0 nitrogen and oxygen atoms in total. The van der Waals surface area contributed by atoms with Crippen molar-refractivity contribution in [3.8, 4) is 0 Å². The minimum absolute atomic E-state index is 0.649. The molecular weight excluding hydrogens is 252 g/mol. The van der Waals surface area contributed by atoms with E-state index in [9.17, 15) is 0 Å². The molecular formula is C18H29Cl. The van der Waals surface area contributed by atoms with Crippen LogP contribution in [0.4, 0.5) is 0 Å². The second kappa shape index (κ2) is 10.3. The summed E-state index contributed by atoms with van der Waals surface area (Å²) in [5.41, 5.74) is 2.77. The molecule has 0 saturated heterocycles. The van der Waals surface area contributed by atoms with E-state index in [1.54, 1.807) is 0 Å². The van der Waals surface area contributed by atoms with Gasteiger partial charge in [0, 0.05) is 5.88 Å². The summed E-state index contributed by atoms with van der Waals surface area (Å²) in [6, 6.07) is 8.89. The monoisotopic (exact) mass is 280 g/mol. The number of aryl methyl sites for hydroxylation is 1. The minimum Gasteiger partial charge on any atom is -0.126 e. The maximum absolute atomic E-state index is 6.11. The first-order chi connectivity index (χ1) is 9.26. The molecule has 0 aliphatic heterocycles. The number of hydrogen-bond donors (Lipinski definition) is 0. The van der Waals surface area contributed by atoms with E-state index in [1.165, 1.54) is 56.1 Å². The molecule has 1 atom stereocenters. The standard InChI is InChI=1S/C18H29Cl/c1-3-4-5-6-7-8-9-18(15-19)14-17-12-10-16(2)11-13-17/h10-13,18H,3-9,14-15H2,1-2H3. The van der Waals surface area contributed by atoms with Gasteiger partial charge < -0.3 is 0 Å². The predicted molar refractivity (Wildman–Crippen MR) is 87.1 cm³/mol. The normalized spacial score (nSPS) is 12.6. The Balaban J connectivity index is 2.20. The van der Waals surface area contributed by atoms with Gasteiger partial charge in [-0.05, 0) is 31.2 Å². The van der Waals surface area contributed by atoms with Gasteiger partial charge in [-0.15, -0.1) is 11.6 Å². The molecule has 0 aliphatic rings. The molecule has 1 aromatic rings. The molecule has 0 amide bonds. The van der Waals surface area contributed by atoms with Gasteiger partial charge in [-0.3, -0.25) is 0 Å². The van der Waals surface area contributed by atoms with Crippen molar-refractivity contribution in [1.82, 2.24) is 0 Å². The molecule has 0 radical (unpaired) electrons. The summed E-state index contributed by atoms with van der Waals surface area (Å²) >= 11 is 6.11. The van der Waals surface area contributed by atoms with Crippen LogP contribution in [0.25, 0.3) is 0 Å². The molecule has 19 heavy (non-hydrogen) atoms. The van der Waals surface area contributed by atoms with Gasteiger partial charge in [0.25, 0.3) is 0 Å². The number of alkyl halides is 1. The molecule has 0 heterocycles. The summed E-state index contributed by atoms with van der Waals surface area (Å²) in [6.07, 6.45) is 10.7. The molecule has 1 rings (SSSR count). The third-order valence-electron chi connectivity index (χ3n) is 3.83. The molecule has 0 saturated carbocycles. The Morgan fingerprint density at radius 3 is 2.21 bits per heavy atom. The Morgan fingerprint density at radius 1 is 0.947 bits per heavy atom. The van der Waals surface area contributed by atoms with Crippen molar-refractivity contribution < 1.29 is 0 Å². The van der Waals surface area contributed by atoms with Crippen LogP contribution in [0, 0.1) is 12.8 Å². The number of rotatable bonds is 10. The van der Waals surface area contributed by atoms with E-state index in [-0.39, 0.29) is 0 Å². The lowest BCUT2D eigenvalue weighted by atomic mass is 9.94. The highest BCUT2D eigenvalue weighted by Gasteiger charge is 2.08. The molecule has 0 spiro atoms. The van der Waals surface area contributed by atoms with Crippen LogP contribution in [-0.4, -0.2) is 5.88 Å². The molecule has 0 bridgehead atoms. The lowest BCUT2D eigenvalue weighted by Crippen LogP contribution is -2.06. The Morgan fingerprint density at radius 2 is 1.58 bits per heavy atom. The summed E-state index contributed by atoms with van der Waals surface area (Å²) in [7, 11) is 0. The van der Waals surface area contributed by atoms with E-state index in [1.807, 2.05) is 0 Å². The zero-order valence-corrected chi connectivity index (χ0v) is 13.4. The lowest BCUT2D eigenvalue weighted by molar-refractivity contribution is 0.485. The number of hydrogen-bond acceptors (Lipinski definition) is 0. The highest BCUT2D eigenvalue weighted by Crippen LogP contribution is 2.18. The van der Waals surface area contributed by atoms with Crippen LogP contribution in [0.5, 0.6) is 0 Å². The quantitative estimate of drug-likeness (QED) is 0.356. The molecule has 1 heteroatoms. The molecule has 108 valence electrons. The molecule has 1 aromatic carbocycles. The van der Waals surface area contributed by atoms with Crippen molar-refractivity contribution in [3.05, 3.63) is 35.4 Å². The maximum Gasteiger partial charge on any atom is 0.0254 e.